The summed E-state index contributed by atoms with van der Waals surface area (Å²) < 4.78 is 0. The second kappa shape index (κ2) is 4.20. The van der Waals surface area contributed by atoms with E-state index >= 15 is 0 Å². The number of aliphatic hydroxyl groups excluding tert-OH is 1. The SMILES string of the molecule is C#CCCC(O)C1C2CCc3ccccc3C21. The Balaban J connectivity index is 1.76. The van der Waals surface area contributed by atoms with Gasteiger partial charge in [-0.1, -0.05) is 24.3 Å². The lowest BCUT2D eigenvalue weighted by atomic mass is 9.92. The molecule has 1 nitrogen and oxygen atoms in total. The highest BCUT2D eigenvalue weighted by Gasteiger charge is 2.55. The fourth-order valence-electron chi connectivity index (χ4n) is 3.57. The number of benzene rings is 1. The van der Waals surface area contributed by atoms with Gasteiger partial charge in [0.2, 0.25) is 0 Å². The van der Waals surface area contributed by atoms with Gasteiger partial charge in [0, 0.05) is 6.42 Å². The first kappa shape index (κ1) is 10.9. The van der Waals surface area contributed by atoms with E-state index in [0.717, 1.165) is 6.42 Å². The zero-order valence-corrected chi connectivity index (χ0v) is 9.97. The zero-order valence-electron chi connectivity index (χ0n) is 9.97. The Morgan fingerprint density at radius 1 is 1.41 bits per heavy atom. The lowest BCUT2D eigenvalue weighted by molar-refractivity contribution is 0.135. The van der Waals surface area contributed by atoms with Gasteiger partial charge in [-0.2, -0.15) is 0 Å². The molecule has 0 spiro atoms. The summed E-state index contributed by atoms with van der Waals surface area (Å²) in [5, 5.41) is 10.2. The molecule has 0 amide bonds. The van der Waals surface area contributed by atoms with Crippen LogP contribution in [0, 0.1) is 24.2 Å². The van der Waals surface area contributed by atoms with E-state index in [1.807, 2.05) is 0 Å². The van der Waals surface area contributed by atoms with E-state index in [1.54, 1.807) is 0 Å². The number of terminal acetylenes is 1. The summed E-state index contributed by atoms with van der Waals surface area (Å²) in [7, 11) is 0. The molecule has 1 aromatic rings. The zero-order chi connectivity index (χ0) is 11.8. The van der Waals surface area contributed by atoms with Crippen molar-refractivity contribution in [2.45, 2.75) is 37.7 Å². The predicted octanol–water partition coefficient (Wildman–Crippen LogP) is 2.74. The fourth-order valence-corrected chi connectivity index (χ4v) is 3.57. The summed E-state index contributed by atoms with van der Waals surface area (Å²) in [5.41, 5.74) is 2.97. The summed E-state index contributed by atoms with van der Waals surface area (Å²) in [4.78, 5) is 0. The summed E-state index contributed by atoms with van der Waals surface area (Å²) in [6.45, 7) is 0. The molecule has 17 heavy (non-hydrogen) atoms. The molecule has 1 fully saturated rings. The Labute approximate surface area is 103 Å². The molecule has 0 saturated heterocycles. The number of hydrogen-bond donors (Lipinski definition) is 1. The van der Waals surface area contributed by atoms with E-state index < -0.39 is 0 Å². The second-order valence-electron chi connectivity index (χ2n) is 5.31. The van der Waals surface area contributed by atoms with Crippen LogP contribution in [-0.2, 0) is 6.42 Å². The van der Waals surface area contributed by atoms with Crippen LogP contribution in [0.1, 0.15) is 36.3 Å². The van der Waals surface area contributed by atoms with Gasteiger partial charge in [0.05, 0.1) is 6.10 Å². The van der Waals surface area contributed by atoms with Crippen molar-refractivity contribution < 1.29 is 5.11 Å². The van der Waals surface area contributed by atoms with Gasteiger partial charge in [-0.05, 0) is 48.1 Å². The molecule has 88 valence electrons. The Morgan fingerprint density at radius 2 is 2.24 bits per heavy atom. The van der Waals surface area contributed by atoms with Gasteiger partial charge < -0.3 is 5.11 Å². The smallest absolute Gasteiger partial charge is 0.0586 e. The maximum absolute atomic E-state index is 10.2. The minimum Gasteiger partial charge on any atom is -0.393 e. The summed E-state index contributed by atoms with van der Waals surface area (Å²) in [5.74, 6) is 4.40. The Bertz CT molecular complexity index is 457. The van der Waals surface area contributed by atoms with E-state index in [0.29, 0.717) is 24.2 Å². The first-order valence-electron chi connectivity index (χ1n) is 6.52. The molecular weight excluding hydrogens is 208 g/mol. The number of hydrogen-bond acceptors (Lipinski definition) is 1. The Morgan fingerprint density at radius 3 is 3.06 bits per heavy atom. The molecule has 1 aromatic carbocycles. The van der Waals surface area contributed by atoms with E-state index in [1.165, 1.54) is 24.0 Å². The van der Waals surface area contributed by atoms with Crippen molar-refractivity contribution in [3.05, 3.63) is 35.4 Å². The molecule has 4 unspecified atom stereocenters. The average molecular weight is 226 g/mol. The van der Waals surface area contributed by atoms with Gasteiger partial charge in [0.1, 0.15) is 0 Å². The number of rotatable bonds is 3. The van der Waals surface area contributed by atoms with Gasteiger partial charge in [0.25, 0.3) is 0 Å². The van der Waals surface area contributed by atoms with Crippen molar-refractivity contribution in [3.63, 3.8) is 0 Å². The first-order chi connectivity index (χ1) is 8.33. The molecule has 0 bridgehead atoms. The maximum Gasteiger partial charge on any atom is 0.0586 e. The molecule has 2 aliphatic rings. The van der Waals surface area contributed by atoms with Crippen LogP contribution in [0.3, 0.4) is 0 Å². The molecule has 0 aliphatic heterocycles. The van der Waals surface area contributed by atoms with Crippen LogP contribution < -0.4 is 0 Å². The molecule has 1 saturated carbocycles. The first-order valence-corrected chi connectivity index (χ1v) is 6.52. The van der Waals surface area contributed by atoms with E-state index in [-0.39, 0.29) is 6.10 Å². The molecular formula is C16H18O. The normalized spacial score (nSPS) is 30.9. The van der Waals surface area contributed by atoms with Crippen LogP contribution in [-0.4, -0.2) is 11.2 Å². The van der Waals surface area contributed by atoms with E-state index in [9.17, 15) is 5.11 Å². The molecule has 2 aliphatic carbocycles. The third kappa shape index (κ3) is 1.77. The highest BCUT2D eigenvalue weighted by atomic mass is 16.3. The summed E-state index contributed by atoms with van der Waals surface area (Å²) in [6.07, 6.45) is 8.92. The van der Waals surface area contributed by atoms with E-state index in [2.05, 4.69) is 30.2 Å². The fraction of sp³-hybridized carbons (Fsp3) is 0.500. The highest BCUT2D eigenvalue weighted by molar-refractivity contribution is 5.39. The van der Waals surface area contributed by atoms with Gasteiger partial charge in [0.15, 0.2) is 0 Å². The largest absolute Gasteiger partial charge is 0.393 e. The topological polar surface area (TPSA) is 20.2 Å². The highest BCUT2D eigenvalue weighted by Crippen LogP contribution is 2.61. The summed E-state index contributed by atoms with van der Waals surface area (Å²) in [6, 6.07) is 8.70. The average Bonchev–Trinajstić information content (AvgIpc) is 3.11. The number of aliphatic hydroxyl groups is 1. The standard InChI is InChI=1S/C16H18O/c1-2-3-8-14(17)16-13-10-9-11-6-4-5-7-12(11)15(13)16/h1,4-7,13-17H,3,8-10H2. The molecule has 1 N–H and O–H groups in total. The van der Waals surface area contributed by atoms with Crippen LogP contribution in [0.25, 0.3) is 0 Å². The molecule has 0 heterocycles. The Hall–Kier alpha value is -1.26. The molecule has 0 aromatic heterocycles. The minimum atomic E-state index is -0.202. The van der Waals surface area contributed by atoms with E-state index in [4.69, 9.17) is 6.42 Å². The molecule has 3 rings (SSSR count). The monoisotopic (exact) mass is 226 g/mol. The minimum absolute atomic E-state index is 0.202. The third-order valence-electron chi connectivity index (χ3n) is 4.42. The third-order valence-corrected chi connectivity index (χ3v) is 4.42. The van der Waals surface area contributed by atoms with Crippen molar-refractivity contribution >= 4 is 0 Å². The van der Waals surface area contributed by atoms with Crippen molar-refractivity contribution in [1.29, 1.82) is 0 Å². The summed E-state index contributed by atoms with van der Waals surface area (Å²) >= 11 is 0. The maximum atomic E-state index is 10.2. The second-order valence-corrected chi connectivity index (χ2v) is 5.31. The quantitative estimate of drug-likeness (QED) is 0.786. The van der Waals surface area contributed by atoms with Crippen LogP contribution >= 0.6 is 0 Å². The van der Waals surface area contributed by atoms with Gasteiger partial charge in [-0.3, -0.25) is 0 Å². The number of aryl methyl sites for hydroxylation is 1. The molecule has 0 radical (unpaired) electrons. The van der Waals surface area contributed by atoms with Crippen LogP contribution in [0.4, 0.5) is 0 Å². The lowest BCUT2D eigenvalue weighted by Crippen LogP contribution is -2.10. The van der Waals surface area contributed by atoms with Crippen molar-refractivity contribution in [1.82, 2.24) is 0 Å². The van der Waals surface area contributed by atoms with Crippen molar-refractivity contribution in [3.8, 4) is 12.3 Å². The number of fused-ring (bicyclic) bond motifs is 3. The molecule has 4 atom stereocenters. The van der Waals surface area contributed by atoms with Crippen molar-refractivity contribution in [2.75, 3.05) is 0 Å². The van der Waals surface area contributed by atoms with Gasteiger partial charge in [-0.15, -0.1) is 12.3 Å². The Kier molecular flexibility index (Phi) is 2.68. The van der Waals surface area contributed by atoms with Crippen molar-refractivity contribution in [2.24, 2.45) is 11.8 Å². The van der Waals surface area contributed by atoms with Crippen LogP contribution in [0.15, 0.2) is 24.3 Å². The van der Waals surface area contributed by atoms with Gasteiger partial charge >= 0.3 is 0 Å². The predicted molar refractivity (Wildman–Crippen MR) is 68.6 cm³/mol. The van der Waals surface area contributed by atoms with Gasteiger partial charge in [-0.25, -0.2) is 0 Å². The van der Waals surface area contributed by atoms with Crippen LogP contribution in [0.5, 0.6) is 0 Å². The molecule has 1 heteroatoms. The van der Waals surface area contributed by atoms with Crippen LogP contribution in [0.2, 0.25) is 0 Å². The lowest BCUT2D eigenvalue weighted by Gasteiger charge is -2.13.